The van der Waals surface area contributed by atoms with E-state index in [2.05, 4.69) is 23.0 Å². The van der Waals surface area contributed by atoms with Crippen molar-refractivity contribution >= 4 is 5.91 Å². The first kappa shape index (κ1) is 14.5. The zero-order chi connectivity index (χ0) is 14.7. The molecule has 3 rings (SSSR count). The Morgan fingerprint density at radius 2 is 1.95 bits per heavy atom. The molecule has 1 aromatic rings. The fraction of sp³-hybridized carbons (Fsp3) is 0.625. The second kappa shape index (κ2) is 6.54. The van der Waals surface area contributed by atoms with Crippen molar-refractivity contribution in [3.63, 3.8) is 0 Å². The lowest BCUT2D eigenvalue weighted by molar-refractivity contribution is 0.0299. The van der Waals surface area contributed by atoms with Gasteiger partial charge >= 0.3 is 0 Å². The predicted molar refractivity (Wildman–Crippen MR) is 80.4 cm³/mol. The molecule has 2 saturated heterocycles. The number of likely N-dealkylation sites (tertiary alicyclic amines) is 1. The van der Waals surface area contributed by atoms with Crippen LogP contribution in [0.1, 0.15) is 34.8 Å². The molecule has 0 atom stereocenters. The van der Waals surface area contributed by atoms with Crippen molar-refractivity contribution in [2.45, 2.75) is 18.8 Å². The first-order chi connectivity index (χ1) is 10.2. The number of pyridine rings is 1. The van der Waals surface area contributed by atoms with E-state index in [1.165, 1.54) is 5.56 Å². The minimum Gasteiger partial charge on any atom is -0.378 e. The highest BCUT2D eigenvalue weighted by Gasteiger charge is 2.22. The summed E-state index contributed by atoms with van der Waals surface area (Å²) >= 11 is 0. The van der Waals surface area contributed by atoms with Crippen molar-refractivity contribution < 1.29 is 9.53 Å². The molecule has 3 heterocycles. The Hall–Kier alpha value is -1.46. The van der Waals surface area contributed by atoms with Crippen molar-refractivity contribution in [2.24, 2.45) is 0 Å². The summed E-state index contributed by atoms with van der Waals surface area (Å²) in [7, 11) is 2.16. The van der Waals surface area contributed by atoms with Crippen LogP contribution in [0.15, 0.2) is 18.3 Å². The van der Waals surface area contributed by atoms with Crippen LogP contribution in [0.5, 0.6) is 0 Å². The number of hydrogen-bond donors (Lipinski definition) is 0. The molecule has 0 bridgehead atoms. The molecule has 114 valence electrons. The molecule has 0 aromatic carbocycles. The van der Waals surface area contributed by atoms with E-state index in [9.17, 15) is 4.79 Å². The third-order valence-corrected chi connectivity index (χ3v) is 4.49. The zero-order valence-electron chi connectivity index (χ0n) is 12.6. The molecule has 5 heteroatoms. The minimum absolute atomic E-state index is 0.0353. The molecule has 0 spiro atoms. The van der Waals surface area contributed by atoms with Crippen LogP contribution in [0.4, 0.5) is 0 Å². The summed E-state index contributed by atoms with van der Waals surface area (Å²) in [5.41, 5.74) is 1.84. The van der Waals surface area contributed by atoms with E-state index >= 15 is 0 Å². The van der Waals surface area contributed by atoms with Crippen LogP contribution in [0.25, 0.3) is 0 Å². The lowest BCUT2D eigenvalue weighted by Gasteiger charge is -2.29. The Morgan fingerprint density at radius 3 is 2.67 bits per heavy atom. The van der Waals surface area contributed by atoms with E-state index < -0.39 is 0 Å². The molecule has 1 amide bonds. The minimum atomic E-state index is 0.0353. The number of rotatable bonds is 2. The molecule has 2 aliphatic heterocycles. The van der Waals surface area contributed by atoms with Crippen molar-refractivity contribution in [2.75, 3.05) is 46.4 Å². The lowest BCUT2D eigenvalue weighted by Crippen LogP contribution is -2.41. The summed E-state index contributed by atoms with van der Waals surface area (Å²) in [6.07, 6.45) is 4.10. The second-order valence-corrected chi connectivity index (χ2v) is 5.96. The molecule has 0 unspecified atom stereocenters. The van der Waals surface area contributed by atoms with E-state index in [1.807, 2.05) is 11.0 Å². The van der Waals surface area contributed by atoms with Crippen molar-refractivity contribution in [1.29, 1.82) is 0 Å². The molecule has 5 nitrogen and oxygen atoms in total. The quantitative estimate of drug-likeness (QED) is 0.825. The van der Waals surface area contributed by atoms with E-state index in [1.54, 1.807) is 6.20 Å². The fourth-order valence-electron chi connectivity index (χ4n) is 3.09. The van der Waals surface area contributed by atoms with Gasteiger partial charge in [-0.15, -0.1) is 0 Å². The molecule has 0 radical (unpaired) electrons. The fourth-order valence-corrected chi connectivity index (χ4v) is 3.09. The van der Waals surface area contributed by atoms with E-state index in [0.717, 1.165) is 25.9 Å². The average Bonchev–Trinajstić information content (AvgIpc) is 2.56. The normalized spacial score (nSPS) is 21.5. The topological polar surface area (TPSA) is 45.7 Å². The highest BCUT2D eigenvalue weighted by Crippen LogP contribution is 2.27. The standard InChI is InChI=1S/C16H23N3O2/c1-18-6-3-13(4-7-18)14-2-5-17-15(12-14)16(20)19-8-10-21-11-9-19/h2,5,12-13H,3-4,6-11H2,1H3. The Kier molecular flexibility index (Phi) is 4.51. The summed E-state index contributed by atoms with van der Waals surface area (Å²) in [4.78, 5) is 21.0. The van der Waals surface area contributed by atoms with E-state index in [0.29, 0.717) is 37.9 Å². The molecule has 1 aromatic heterocycles. The van der Waals surface area contributed by atoms with Gasteiger partial charge in [-0.1, -0.05) is 0 Å². The SMILES string of the molecule is CN1CCC(c2ccnc(C(=O)N3CCOCC3)c2)CC1. The maximum absolute atomic E-state index is 12.5. The number of carbonyl (C=O) groups excluding carboxylic acids is 1. The summed E-state index contributed by atoms with van der Waals surface area (Å²) in [6, 6.07) is 4.06. The summed E-state index contributed by atoms with van der Waals surface area (Å²) in [5.74, 6) is 0.591. The zero-order valence-corrected chi connectivity index (χ0v) is 12.6. The van der Waals surface area contributed by atoms with Gasteiger partial charge in [0.2, 0.25) is 0 Å². The monoisotopic (exact) mass is 289 g/mol. The maximum Gasteiger partial charge on any atom is 0.272 e. The third kappa shape index (κ3) is 3.41. The van der Waals surface area contributed by atoms with Gasteiger partial charge in [0.25, 0.3) is 5.91 Å². The highest BCUT2D eigenvalue weighted by atomic mass is 16.5. The summed E-state index contributed by atoms with van der Waals surface area (Å²) in [5, 5.41) is 0. The van der Waals surface area contributed by atoms with Gasteiger partial charge in [0.1, 0.15) is 5.69 Å². The molecule has 0 N–H and O–H groups in total. The number of aromatic nitrogens is 1. The third-order valence-electron chi connectivity index (χ3n) is 4.49. The van der Waals surface area contributed by atoms with Gasteiger partial charge in [-0.2, -0.15) is 0 Å². The molecular weight excluding hydrogens is 266 g/mol. The summed E-state index contributed by atoms with van der Waals surface area (Å²) < 4.78 is 5.30. The van der Waals surface area contributed by atoms with Crippen molar-refractivity contribution in [3.05, 3.63) is 29.6 Å². The van der Waals surface area contributed by atoms with Crippen LogP contribution in [-0.4, -0.2) is 67.1 Å². The lowest BCUT2D eigenvalue weighted by atomic mass is 9.90. The number of nitrogens with zero attached hydrogens (tertiary/aromatic N) is 3. The van der Waals surface area contributed by atoms with Crippen LogP contribution in [0.3, 0.4) is 0 Å². The van der Waals surface area contributed by atoms with Gasteiger partial charge in [-0.05, 0) is 56.6 Å². The molecule has 0 aliphatic carbocycles. The van der Waals surface area contributed by atoms with Crippen LogP contribution < -0.4 is 0 Å². The Balaban J connectivity index is 1.71. The van der Waals surface area contributed by atoms with Gasteiger partial charge in [-0.3, -0.25) is 9.78 Å². The average molecular weight is 289 g/mol. The first-order valence-electron chi connectivity index (χ1n) is 7.75. The van der Waals surface area contributed by atoms with Gasteiger partial charge in [0.15, 0.2) is 0 Å². The van der Waals surface area contributed by atoms with Gasteiger partial charge < -0.3 is 14.5 Å². The molecule has 0 saturated carbocycles. The van der Waals surface area contributed by atoms with Crippen molar-refractivity contribution in [1.82, 2.24) is 14.8 Å². The number of ether oxygens (including phenoxy) is 1. The number of hydrogen-bond acceptors (Lipinski definition) is 4. The van der Waals surface area contributed by atoms with Crippen LogP contribution in [0.2, 0.25) is 0 Å². The highest BCUT2D eigenvalue weighted by molar-refractivity contribution is 5.92. The first-order valence-corrected chi connectivity index (χ1v) is 7.75. The predicted octanol–water partition coefficient (Wildman–Crippen LogP) is 1.36. The largest absolute Gasteiger partial charge is 0.378 e. The number of carbonyl (C=O) groups is 1. The van der Waals surface area contributed by atoms with Crippen molar-refractivity contribution in [3.8, 4) is 0 Å². The van der Waals surface area contributed by atoms with E-state index in [-0.39, 0.29) is 5.91 Å². The van der Waals surface area contributed by atoms with E-state index in [4.69, 9.17) is 4.74 Å². The molecule has 21 heavy (non-hydrogen) atoms. The molecular formula is C16H23N3O2. The van der Waals surface area contributed by atoms with Gasteiger partial charge in [-0.25, -0.2) is 0 Å². The van der Waals surface area contributed by atoms with Crippen LogP contribution in [0, 0.1) is 0 Å². The Bertz CT molecular complexity index is 492. The Morgan fingerprint density at radius 1 is 1.24 bits per heavy atom. The number of amides is 1. The molecule has 2 fully saturated rings. The number of morpholine rings is 1. The maximum atomic E-state index is 12.5. The Labute approximate surface area is 125 Å². The smallest absolute Gasteiger partial charge is 0.272 e. The van der Waals surface area contributed by atoms with Crippen LogP contribution in [-0.2, 0) is 4.74 Å². The number of piperidine rings is 1. The van der Waals surface area contributed by atoms with Gasteiger partial charge in [0.05, 0.1) is 13.2 Å². The van der Waals surface area contributed by atoms with Gasteiger partial charge in [0, 0.05) is 19.3 Å². The molecule has 2 aliphatic rings. The second-order valence-electron chi connectivity index (χ2n) is 5.96. The summed E-state index contributed by atoms with van der Waals surface area (Å²) in [6.45, 7) is 4.83. The van der Waals surface area contributed by atoms with Crippen LogP contribution >= 0.6 is 0 Å².